The van der Waals surface area contributed by atoms with Crippen LogP contribution in [0.25, 0.3) is 0 Å². The van der Waals surface area contributed by atoms with Gasteiger partial charge in [0.2, 0.25) is 11.8 Å². The summed E-state index contributed by atoms with van der Waals surface area (Å²) in [6.45, 7) is 7.98. The lowest BCUT2D eigenvalue weighted by atomic mass is 9.97. The third-order valence-corrected chi connectivity index (χ3v) is 3.66. The SMILES string of the molecule is CCCNC(C)CCCCN1C(=O)CC(C)CC1=O. The molecule has 1 atom stereocenters. The monoisotopic (exact) mass is 268 g/mol. The standard InChI is InChI=1S/C15H28N2O2/c1-4-8-16-13(3)7-5-6-9-17-14(18)10-12(2)11-15(17)19/h12-13,16H,4-11H2,1-3H3. The minimum atomic E-state index is 0.0147. The summed E-state index contributed by atoms with van der Waals surface area (Å²) in [6.07, 6.45) is 5.29. The Kier molecular flexibility index (Phi) is 7.06. The van der Waals surface area contributed by atoms with Crippen LogP contribution in [-0.2, 0) is 9.59 Å². The van der Waals surface area contributed by atoms with Gasteiger partial charge in [-0.25, -0.2) is 0 Å². The molecule has 0 spiro atoms. The van der Waals surface area contributed by atoms with Crippen molar-refractivity contribution in [3.63, 3.8) is 0 Å². The van der Waals surface area contributed by atoms with Gasteiger partial charge in [-0.2, -0.15) is 0 Å². The Bertz CT molecular complexity index is 287. The molecule has 1 N–H and O–H groups in total. The third-order valence-electron chi connectivity index (χ3n) is 3.66. The average Bonchev–Trinajstić information content (AvgIpc) is 2.34. The zero-order valence-corrected chi connectivity index (χ0v) is 12.6. The van der Waals surface area contributed by atoms with Crippen LogP contribution in [0.5, 0.6) is 0 Å². The van der Waals surface area contributed by atoms with Crippen molar-refractivity contribution in [2.45, 2.75) is 65.3 Å². The van der Waals surface area contributed by atoms with E-state index in [2.05, 4.69) is 19.2 Å². The minimum Gasteiger partial charge on any atom is -0.314 e. The molecule has 1 heterocycles. The van der Waals surface area contributed by atoms with E-state index in [9.17, 15) is 9.59 Å². The highest BCUT2D eigenvalue weighted by Gasteiger charge is 2.29. The molecule has 0 saturated carbocycles. The van der Waals surface area contributed by atoms with Crippen LogP contribution in [0.2, 0.25) is 0 Å². The Labute approximate surface area is 116 Å². The van der Waals surface area contributed by atoms with Gasteiger partial charge in [0, 0.05) is 25.4 Å². The molecule has 0 aromatic rings. The fourth-order valence-electron chi connectivity index (χ4n) is 2.49. The first-order valence-electron chi connectivity index (χ1n) is 7.61. The number of likely N-dealkylation sites (tertiary alicyclic amines) is 1. The van der Waals surface area contributed by atoms with Crippen molar-refractivity contribution < 1.29 is 9.59 Å². The van der Waals surface area contributed by atoms with Gasteiger partial charge in [-0.15, -0.1) is 0 Å². The summed E-state index contributed by atoms with van der Waals surface area (Å²) in [5.74, 6) is 0.247. The summed E-state index contributed by atoms with van der Waals surface area (Å²) in [4.78, 5) is 25.0. The number of rotatable bonds is 8. The van der Waals surface area contributed by atoms with Crippen LogP contribution in [0.3, 0.4) is 0 Å². The number of amides is 2. The quantitative estimate of drug-likeness (QED) is 0.543. The predicted octanol–water partition coefficient (Wildman–Crippen LogP) is 2.33. The first-order chi connectivity index (χ1) is 9.04. The van der Waals surface area contributed by atoms with E-state index in [-0.39, 0.29) is 17.7 Å². The number of unbranched alkanes of at least 4 members (excludes halogenated alkanes) is 1. The summed E-state index contributed by atoms with van der Waals surface area (Å²) < 4.78 is 0. The van der Waals surface area contributed by atoms with Gasteiger partial charge in [0.1, 0.15) is 0 Å². The van der Waals surface area contributed by atoms with Gasteiger partial charge in [0.05, 0.1) is 0 Å². The van der Waals surface area contributed by atoms with E-state index in [1.54, 1.807) is 0 Å². The predicted molar refractivity (Wildman–Crippen MR) is 76.7 cm³/mol. The van der Waals surface area contributed by atoms with Crippen molar-refractivity contribution in [2.75, 3.05) is 13.1 Å². The molecule has 0 aromatic carbocycles. The van der Waals surface area contributed by atoms with E-state index >= 15 is 0 Å². The summed E-state index contributed by atoms with van der Waals surface area (Å²) in [7, 11) is 0. The Morgan fingerprint density at radius 2 is 1.89 bits per heavy atom. The molecule has 1 rings (SSSR count). The number of nitrogens with zero attached hydrogens (tertiary/aromatic N) is 1. The molecule has 1 fully saturated rings. The fraction of sp³-hybridized carbons (Fsp3) is 0.867. The Balaban J connectivity index is 2.18. The number of nitrogens with one attached hydrogen (secondary N) is 1. The first kappa shape index (κ1) is 16.2. The van der Waals surface area contributed by atoms with Crippen LogP contribution in [0.4, 0.5) is 0 Å². The van der Waals surface area contributed by atoms with Gasteiger partial charge in [0.15, 0.2) is 0 Å². The molecule has 0 aliphatic carbocycles. The molecule has 0 bridgehead atoms. The molecule has 4 nitrogen and oxygen atoms in total. The van der Waals surface area contributed by atoms with Crippen molar-refractivity contribution in [3.05, 3.63) is 0 Å². The summed E-state index contributed by atoms with van der Waals surface area (Å²) in [5.41, 5.74) is 0. The smallest absolute Gasteiger partial charge is 0.229 e. The molecule has 1 saturated heterocycles. The van der Waals surface area contributed by atoms with Crippen LogP contribution in [-0.4, -0.2) is 35.8 Å². The molecule has 19 heavy (non-hydrogen) atoms. The van der Waals surface area contributed by atoms with Gasteiger partial charge in [-0.3, -0.25) is 14.5 Å². The molecule has 1 aliphatic rings. The highest BCUT2D eigenvalue weighted by molar-refractivity contribution is 5.97. The lowest BCUT2D eigenvalue weighted by Gasteiger charge is -2.28. The van der Waals surface area contributed by atoms with Crippen LogP contribution >= 0.6 is 0 Å². The molecule has 110 valence electrons. The average molecular weight is 268 g/mol. The second-order valence-electron chi connectivity index (χ2n) is 5.80. The lowest BCUT2D eigenvalue weighted by Crippen LogP contribution is -2.43. The molecule has 1 aliphatic heterocycles. The first-order valence-corrected chi connectivity index (χ1v) is 7.61. The van der Waals surface area contributed by atoms with Crippen molar-refractivity contribution >= 4 is 11.8 Å². The number of piperidine rings is 1. The summed E-state index contributed by atoms with van der Waals surface area (Å²) >= 11 is 0. The number of carbonyl (C=O) groups is 2. The van der Waals surface area contributed by atoms with Gasteiger partial charge in [-0.05, 0) is 38.6 Å². The Morgan fingerprint density at radius 1 is 1.26 bits per heavy atom. The topological polar surface area (TPSA) is 49.4 Å². The highest BCUT2D eigenvalue weighted by Crippen LogP contribution is 2.19. The van der Waals surface area contributed by atoms with Gasteiger partial charge < -0.3 is 5.32 Å². The lowest BCUT2D eigenvalue weighted by molar-refractivity contribution is -0.149. The van der Waals surface area contributed by atoms with Gasteiger partial charge in [0.25, 0.3) is 0 Å². The van der Waals surface area contributed by atoms with E-state index in [1.807, 2.05) is 6.92 Å². The highest BCUT2D eigenvalue weighted by atomic mass is 16.2. The second kappa shape index (κ2) is 8.31. The molecule has 4 heteroatoms. The maximum atomic E-state index is 11.8. The van der Waals surface area contributed by atoms with E-state index in [0.717, 1.165) is 32.2 Å². The zero-order valence-electron chi connectivity index (χ0n) is 12.6. The minimum absolute atomic E-state index is 0.0147. The maximum Gasteiger partial charge on any atom is 0.229 e. The van der Waals surface area contributed by atoms with Crippen LogP contribution in [0, 0.1) is 5.92 Å². The van der Waals surface area contributed by atoms with Crippen molar-refractivity contribution in [1.82, 2.24) is 10.2 Å². The van der Waals surface area contributed by atoms with E-state index in [1.165, 1.54) is 4.90 Å². The number of imide groups is 1. The molecule has 1 unspecified atom stereocenters. The number of carbonyl (C=O) groups excluding carboxylic acids is 2. The summed E-state index contributed by atoms with van der Waals surface area (Å²) in [6, 6.07) is 0.521. The van der Waals surface area contributed by atoms with Crippen LogP contribution in [0.15, 0.2) is 0 Å². The molecular formula is C15H28N2O2. The molecule has 0 radical (unpaired) electrons. The molecule has 2 amide bonds. The van der Waals surface area contributed by atoms with E-state index in [4.69, 9.17) is 0 Å². The van der Waals surface area contributed by atoms with Crippen LogP contribution < -0.4 is 5.32 Å². The normalized spacial score (nSPS) is 19.0. The van der Waals surface area contributed by atoms with Crippen LogP contribution in [0.1, 0.15) is 59.3 Å². The van der Waals surface area contributed by atoms with Crippen molar-refractivity contribution in [3.8, 4) is 0 Å². The van der Waals surface area contributed by atoms with Crippen molar-refractivity contribution in [2.24, 2.45) is 5.92 Å². The number of hydrogen-bond acceptors (Lipinski definition) is 3. The second-order valence-corrected chi connectivity index (χ2v) is 5.80. The molecule has 0 aromatic heterocycles. The fourth-order valence-corrected chi connectivity index (χ4v) is 2.49. The molecular weight excluding hydrogens is 240 g/mol. The zero-order chi connectivity index (χ0) is 14.3. The van der Waals surface area contributed by atoms with E-state index < -0.39 is 0 Å². The van der Waals surface area contributed by atoms with Crippen molar-refractivity contribution in [1.29, 1.82) is 0 Å². The largest absolute Gasteiger partial charge is 0.314 e. The van der Waals surface area contributed by atoms with Gasteiger partial charge in [-0.1, -0.05) is 20.3 Å². The Morgan fingerprint density at radius 3 is 2.47 bits per heavy atom. The number of hydrogen-bond donors (Lipinski definition) is 1. The Hall–Kier alpha value is -0.900. The van der Waals surface area contributed by atoms with Gasteiger partial charge >= 0.3 is 0 Å². The van der Waals surface area contributed by atoms with E-state index in [0.29, 0.717) is 25.4 Å². The summed E-state index contributed by atoms with van der Waals surface area (Å²) in [5, 5.41) is 3.45. The maximum absolute atomic E-state index is 11.8. The third kappa shape index (κ3) is 5.72.